The zero-order chi connectivity index (χ0) is 15.2. The fourth-order valence-electron chi connectivity index (χ4n) is 2.52. The molecule has 1 nitrogen and oxygen atoms in total. The number of benzene rings is 2. The maximum Gasteiger partial charge on any atom is 0.133 e. The van der Waals surface area contributed by atoms with Gasteiger partial charge in [-0.2, -0.15) is 0 Å². The van der Waals surface area contributed by atoms with E-state index in [2.05, 4.69) is 59.3 Å². The van der Waals surface area contributed by atoms with Crippen LogP contribution in [0.2, 0.25) is 0 Å². The van der Waals surface area contributed by atoms with Gasteiger partial charge < -0.3 is 4.74 Å². The molecule has 0 bridgehead atoms. The van der Waals surface area contributed by atoms with Gasteiger partial charge in [0.05, 0.1) is 11.6 Å². The monoisotopic (exact) mass is 366 g/mol. The van der Waals surface area contributed by atoms with Crippen LogP contribution in [0.25, 0.3) is 0 Å². The Morgan fingerprint density at radius 3 is 2.38 bits per heavy atom. The van der Waals surface area contributed by atoms with Crippen molar-refractivity contribution >= 4 is 27.5 Å². The van der Waals surface area contributed by atoms with Crippen LogP contribution in [0.4, 0.5) is 0 Å². The van der Waals surface area contributed by atoms with Gasteiger partial charge in [-0.05, 0) is 64.9 Å². The lowest BCUT2D eigenvalue weighted by atomic mass is 9.93. The van der Waals surface area contributed by atoms with Crippen molar-refractivity contribution in [3.63, 3.8) is 0 Å². The van der Waals surface area contributed by atoms with E-state index in [1.54, 1.807) is 7.11 Å². The third-order valence-corrected chi connectivity index (χ3v) is 4.62. The van der Waals surface area contributed by atoms with Gasteiger partial charge >= 0.3 is 0 Å². The molecule has 0 aliphatic rings. The quantitative estimate of drug-likeness (QED) is 0.621. The zero-order valence-corrected chi connectivity index (χ0v) is 14.7. The average molecular weight is 368 g/mol. The summed E-state index contributed by atoms with van der Waals surface area (Å²) in [6, 6.07) is 14.9. The standard InChI is InChI=1S/C18H20BrClO/c1-13-4-3-5-14(8-13)9-16(12-20)10-15-6-7-18(21-2)17(19)11-15/h3-8,11,16H,9-10,12H2,1-2H3. The number of aryl methyl sites for hydroxylation is 1. The second-order valence-corrected chi connectivity index (χ2v) is 6.55. The molecule has 0 spiro atoms. The van der Waals surface area contributed by atoms with Crippen molar-refractivity contribution < 1.29 is 4.74 Å². The maximum atomic E-state index is 6.17. The summed E-state index contributed by atoms with van der Waals surface area (Å²) in [4.78, 5) is 0. The molecule has 2 rings (SSSR count). The van der Waals surface area contributed by atoms with E-state index in [1.807, 2.05) is 6.07 Å². The van der Waals surface area contributed by atoms with Crippen LogP contribution in [-0.2, 0) is 12.8 Å². The second-order valence-electron chi connectivity index (χ2n) is 5.39. The molecule has 0 N–H and O–H groups in total. The molecule has 21 heavy (non-hydrogen) atoms. The molecule has 0 radical (unpaired) electrons. The Labute approximate surface area is 140 Å². The first-order valence-corrected chi connectivity index (χ1v) is 8.39. The normalized spacial score (nSPS) is 12.2. The zero-order valence-electron chi connectivity index (χ0n) is 12.4. The first-order valence-electron chi connectivity index (χ1n) is 7.06. The number of rotatable bonds is 6. The lowest BCUT2D eigenvalue weighted by molar-refractivity contribution is 0.412. The predicted octanol–water partition coefficient (Wildman–Crippen LogP) is 5.41. The molecule has 0 aromatic heterocycles. The van der Waals surface area contributed by atoms with Gasteiger partial charge in [-0.1, -0.05) is 35.9 Å². The molecular weight excluding hydrogens is 348 g/mol. The predicted molar refractivity (Wildman–Crippen MR) is 93.5 cm³/mol. The van der Waals surface area contributed by atoms with Gasteiger partial charge in [0, 0.05) is 5.88 Å². The minimum absolute atomic E-state index is 0.439. The van der Waals surface area contributed by atoms with Crippen LogP contribution in [0.15, 0.2) is 46.9 Å². The second kappa shape index (κ2) is 7.86. The van der Waals surface area contributed by atoms with Crippen molar-refractivity contribution in [3.8, 4) is 5.75 Å². The molecule has 0 saturated heterocycles. The highest BCUT2D eigenvalue weighted by atomic mass is 79.9. The molecule has 0 saturated carbocycles. The Bertz CT molecular complexity index is 598. The van der Waals surface area contributed by atoms with Gasteiger partial charge in [-0.3, -0.25) is 0 Å². The molecule has 3 heteroatoms. The Hall–Kier alpha value is -0.990. The van der Waals surface area contributed by atoms with E-state index >= 15 is 0 Å². The lowest BCUT2D eigenvalue weighted by Crippen LogP contribution is -2.10. The van der Waals surface area contributed by atoms with Crippen molar-refractivity contribution in [2.24, 2.45) is 5.92 Å². The Balaban J connectivity index is 2.07. The van der Waals surface area contributed by atoms with Gasteiger partial charge in [0.2, 0.25) is 0 Å². The lowest BCUT2D eigenvalue weighted by Gasteiger charge is -2.15. The minimum atomic E-state index is 0.439. The van der Waals surface area contributed by atoms with Gasteiger partial charge in [-0.25, -0.2) is 0 Å². The third kappa shape index (κ3) is 4.76. The van der Waals surface area contributed by atoms with Crippen LogP contribution < -0.4 is 4.74 Å². The van der Waals surface area contributed by atoms with E-state index in [4.69, 9.17) is 16.3 Å². The van der Waals surface area contributed by atoms with E-state index in [9.17, 15) is 0 Å². The fraction of sp³-hybridized carbons (Fsp3) is 0.333. The molecule has 0 fully saturated rings. The van der Waals surface area contributed by atoms with E-state index in [0.717, 1.165) is 23.1 Å². The Morgan fingerprint density at radius 1 is 1.10 bits per heavy atom. The molecule has 0 amide bonds. The summed E-state index contributed by atoms with van der Waals surface area (Å²) < 4.78 is 6.26. The molecule has 2 aromatic rings. The molecule has 2 aromatic carbocycles. The number of halogens is 2. The van der Waals surface area contributed by atoms with Crippen LogP contribution in [0.3, 0.4) is 0 Å². The van der Waals surface area contributed by atoms with Crippen molar-refractivity contribution in [3.05, 3.63) is 63.6 Å². The third-order valence-electron chi connectivity index (χ3n) is 3.57. The number of methoxy groups -OCH3 is 1. The average Bonchev–Trinajstić information content (AvgIpc) is 2.47. The van der Waals surface area contributed by atoms with Crippen LogP contribution in [0.1, 0.15) is 16.7 Å². The summed E-state index contributed by atoms with van der Waals surface area (Å²) >= 11 is 9.71. The molecule has 0 heterocycles. The number of hydrogen-bond donors (Lipinski definition) is 0. The number of ether oxygens (including phenoxy) is 1. The molecule has 0 aliphatic carbocycles. The molecule has 1 atom stereocenters. The maximum absolute atomic E-state index is 6.17. The van der Waals surface area contributed by atoms with Crippen molar-refractivity contribution in [2.45, 2.75) is 19.8 Å². The molecule has 0 aliphatic heterocycles. The summed E-state index contributed by atoms with van der Waals surface area (Å²) in [6.45, 7) is 2.12. The Morgan fingerprint density at radius 2 is 1.81 bits per heavy atom. The highest BCUT2D eigenvalue weighted by molar-refractivity contribution is 9.10. The molecular formula is C18H20BrClO. The fourth-order valence-corrected chi connectivity index (χ4v) is 3.33. The first-order chi connectivity index (χ1) is 10.1. The van der Waals surface area contributed by atoms with E-state index in [0.29, 0.717) is 11.8 Å². The van der Waals surface area contributed by atoms with Crippen LogP contribution in [0, 0.1) is 12.8 Å². The minimum Gasteiger partial charge on any atom is -0.496 e. The molecule has 1 unspecified atom stereocenters. The summed E-state index contributed by atoms with van der Waals surface area (Å²) in [5, 5.41) is 0. The number of alkyl halides is 1. The highest BCUT2D eigenvalue weighted by Crippen LogP contribution is 2.27. The Kier molecular flexibility index (Phi) is 6.13. The van der Waals surface area contributed by atoms with Crippen LogP contribution >= 0.6 is 27.5 Å². The van der Waals surface area contributed by atoms with Crippen molar-refractivity contribution in [1.82, 2.24) is 0 Å². The summed E-state index contributed by atoms with van der Waals surface area (Å²) in [7, 11) is 1.68. The topological polar surface area (TPSA) is 9.23 Å². The summed E-state index contributed by atoms with van der Waals surface area (Å²) in [5.74, 6) is 1.96. The van der Waals surface area contributed by atoms with Gasteiger partial charge in [0.1, 0.15) is 5.75 Å². The van der Waals surface area contributed by atoms with Crippen molar-refractivity contribution in [2.75, 3.05) is 13.0 Å². The SMILES string of the molecule is COc1ccc(CC(CCl)Cc2cccc(C)c2)cc1Br. The van der Waals surface area contributed by atoms with Crippen LogP contribution in [-0.4, -0.2) is 13.0 Å². The molecule has 112 valence electrons. The van der Waals surface area contributed by atoms with E-state index < -0.39 is 0 Å². The first kappa shape index (κ1) is 16.4. The number of hydrogen-bond acceptors (Lipinski definition) is 1. The van der Waals surface area contributed by atoms with E-state index in [1.165, 1.54) is 16.7 Å². The van der Waals surface area contributed by atoms with Gasteiger partial charge in [0.25, 0.3) is 0 Å². The van der Waals surface area contributed by atoms with Crippen LogP contribution in [0.5, 0.6) is 5.75 Å². The van der Waals surface area contributed by atoms with Crippen molar-refractivity contribution in [1.29, 1.82) is 0 Å². The van der Waals surface area contributed by atoms with Gasteiger partial charge in [0.15, 0.2) is 0 Å². The van der Waals surface area contributed by atoms with Gasteiger partial charge in [-0.15, -0.1) is 11.6 Å². The summed E-state index contributed by atoms with van der Waals surface area (Å²) in [5.41, 5.74) is 3.93. The van der Waals surface area contributed by atoms with E-state index in [-0.39, 0.29) is 0 Å². The summed E-state index contributed by atoms with van der Waals surface area (Å²) in [6.07, 6.45) is 1.98. The highest BCUT2D eigenvalue weighted by Gasteiger charge is 2.11. The largest absolute Gasteiger partial charge is 0.496 e. The smallest absolute Gasteiger partial charge is 0.133 e.